The van der Waals surface area contributed by atoms with Gasteiger partial charge in [-0.1, -0.05) is 23.8 Å². The second kappa shape index (κ2) is 5.20. The highest BCUT2D eigenvalue weighted by molar-refractivity contribution is 9.10. The molecule has 0 radical (unpaired) electrons. The molecule has 0 saturated carbocycles. The Bertz CT molecular complexity index is 607. The lowest BCUT2D eigenvalue weighted by Crippen LogP contribution is -1.98. The summed E-state index contributed by atoms with van der Waals surface area (Å²) in [5.41, 5.74) is 3.42. The zero-order valence-corrected chi connectivity index (χ0v) is 12.4. The third kappa shape index (κ3) is 2.79. The first-order chi connectivity index (χ1) is 8.47. The van der Waals surface area contributed by atoms with Gasteiger partial charge in [0.15, 0.2) is 0 Å². The second-order valence-corrected chi connectivity index (χ2v) is 5.96. The largest absolute Gasteiger partial charge is 0.481 e. The zero-order chi connectivity index (χ0) is 13.3. The molecule has 0 aliphatic heterocycles. The van der Waals surface area contributed by atoms with E-state index in [-0.39, 0.29) is 6.42 Å². The summed E-state index contributed by atoms with van der Waals surface area (Å²) in [5.74, 6) is -0.841. The Hall–Kier alpha value is -1.20. The van der Waals surface area contributed by atoms with Crippen molar-refractivity contribution in [3.05, 3.63) is 38.8 Å². The zero-order valence-electron chi connectivity index (χ0n) is 10.0. The Morgan fingerprint density at radius 3 is 2.78 bits per heavy atom. The van der Waals surface area contributed by atoms with Gasteiger partial charge >= 0.3 is 5.97 Å². The lowest BCUT2D eigenvalue weighted by atomic mass is 10.1. The maximum atomic E-state index is 10.7. The minimum Gasteiger partial charge on any atom is -0.481 e. The van der Waals surface area contributed by atoms with E-state index >= 15 is 0 Å². The lowest BCUT2D eigenvalue weighted by Gasteiger charge is -2.02. The van der Waals surface area contributed by atoms with E-state index in [1.165, 1.54) is 16.9 Å². The average Bonchev–Trinajstić information content (AvgIpc) is 2.59. The van der Waals surface area contributed by atoms with Gasteiger partial charge in [0.05, 0.1) is 11.3 Å². The van der Waals surface area contributed by atoms with Crippen LogP contribution in [0.25, 0.3) is 10.6 Å². The fourth-order valence-electron chi connectivity index (χ4n) is 1.75. The molecular formula is C13H12BrNO2S. The Balaban J connectivity index is 2.42. The normalized spacial score (nSPS) is 10.6. The Morgan fingerprint density at radius 1 is 1.44 bits per heavy atom. The lowest BCUT2D eigenvalue weighted by molar-refractivity contribution is -0.136. The summed E-state index contributed by atoms with van der Waals surface area (Å²) in [4.78, 5) is 15.9. The van der Waals surface area contributed by atoms with E-state index in [0.717, 1.165) is 21.0 Å². The van der Waals surface area contributed by atoms with Crippen molar-refractivity contribution >= 4 is 33.2 Å². The summed E-state index contributed by atoms with van der Waals surface area (Å²) in [6.07, 6.45) is 0.00313. The molecule has 0 spiro atoms. The van der Waals surface area contributed by atoms with Gasteiger partial charge in [-0.05, 0) is 35.3 Å². The summed E-state index contributed by atoms with van der Waals surface area (Å²) in [7, 11) is 0. The fraction of sp³-hybridized carbons (Fsp3) is 0.231. The minimum atomic E-state index is -0.841. The number of aliphatic carboxylic acids is 1. The van der Waals surface area contributed by atoms with Crippen molar-refractivity contribution in [2.75, 3.05) is 0 Å². The Labute approximate surface area is 118 Å². The number of halogens is 1. The number of hydrogen-bond donors (Lipinski definition) is 1. The van der Waals surface area contributed by atoms with Gasteiger partial charge in [0.25, 0.3) is 0 Å². The second-order valence-electron chi connectivity index (χ2n) is 4.12. The summed E-state index contributed by atoms with van der Waals surface area (Å²) in [5, 5.41) is 9.68. The number of carboxylic acids is 1. The van der Waals surface area contributed by atoms with Crippen LogP contribution in [0.3, 0.4) is 0 Å². The number of rotatable bonds is 3. The van der Waals surface area contributed by atoms with Crippen molar-refractivity contribution in [2.24, 2.45) is 0 Å². The van der Waals surface area contributed by atoms with Crippen LogP contribution in [0.15, 0.2) is 22.8 Å². The number of carbonyl (C=O) groups is 1. The molecule has 1 heterocycles. The van der Waals surface area contributed by atoms with E-state index < -0.39 is 5.97 Å². The fourth-order valence-corrected chi connectivity index (χ4v) is 3.46. The van der Waals surface area contributed by atoms with Gasteiger partial charge in [-0.25, -0.2) is 4.98 Å². The number of aromatic nitrogens is 1. The number of hydrogen-bond acceptors (Lipinski definition) is 3. The maximum Gasteiger partial charge on any atom is 0.308 e. The number of nitrogens with zero attached hydrogens (tertiary/aromatic N) is 1. The summed E-state index contributed by atoms with van der Waals surface area (Å²) >= 11 is 4.74. The summed E-state index contributed by atoms with van der Waals surface area (Å²) < 4.78 is 0.630. The molecule has 18 heavy (non-hydrogen) atoms. The third-order valence-corrected chi connectivity index (χ3v) is 4.58. The third-order valence-electron chi connectivity index (χ3n) is 2.57. The van der Waals surface area contributed by atoms with E-state index in [0.29, 0.717) is 4.60 Å². The van der Waals surface area contributed by atoms with Crippen molar-refractivity contribution in [1.29, 1.82) is 0 Å². The molecule has 94 valence electrons. The number of aryl methyl sites for hydroxylation is 2. The standard InChI is InChI=1S/C13H12BrNO2S/c1-7-3-4-9(8(2)5-7)13-15-12(14)10(18-13)6-11(16)17/h3-5H,6H2,1-2H3,(H,16,17). The van der Waals surface area contributed by atoms with E-state index in [1.807, 2.05) is 26.0 Å². The molecule has 0 amide bonds. The first-order valence-corrected chi connectivity index (χ1v) is 7.03. The molecule has 0 fully saturated rings. The first-order valence-electron chi connectivity index (χ1n) is 5.42. The van der Waals surface area contributed by atoms with Crippen LogP contribution in [0, 0.1) is 13.8 Å². The molecule has 3 nitrogen and oxygen atoms in total. The van der Waals surface area contributed by atoms with Gasteiger partial charge in [-0.15, -0.1) is 11.3 Å². The van der Waals surface area contributed by atoms with Gasteiger partial charge in [-0.2, -0.15) is 0 Å². The van der Waals surface area contributed by atoms with Crippen molar-refractivity contribution in [3.63, 3.8) is 0 Å². The van der Waals surface area contributed by atoms with Gasteiger partial charge in [0.1, 0.15) is 9.61 Å². The van der Waals surface area contributed by atoms with Crippen molar-refractivity contribution in [2.45, 2.75) is 20.3 Å². The highest BCUT2D eigenvalue weighted by Gasteiger charge is 2.14. The van der Waals surface area contributed by atoms with Gasteiger partial charge < -0.3 is 5.11 Å². The quantitative estimate of drug-likeness (QED) is 0.933. The van der Waals surface area contributed by atoms with E-state index in [2.05, 4.69) is 27.0 Å². The molecule has 0 atom stereocenters. The maximum absolute atomic E-state index is 10.7. The molecule has 0 bridgehead atoms. The van der Waals surface area contributed by atoms with Gasteiger partial charge in [0, 0.05) is 5.56 Å². The molecular weight excluding hydrogens is 314 g/mol. The van der Waals surface area contributed by atoms with Crippen LogP contribution in [0.4, 0.5) is 0 Å². The molecule has 1 N–H and O–H groups in total. The van der Waals surface area contributed by atoms with Gasteiger partial charge in [0.2, 0.25) is 0 Å². The SMILES string of the molecule is Cc1ccc(-c2nc(Br)c(CC(=O)O)s2)c(C)c1. The summed E-state index contributed by atoms with van der Waals surface area (Å²) in [6, 6.07) is 6.16. The van der Waals surface area contributed by atoms with Crippen LogP contribution in [0.1, 0.15) is 16.0 Å². The molecule has 2 aromatic rings. The minimum absolute atomic E-state index is 0.00313. The van der Waals surface area contributed by atoms with Crippen LogP contribution in [-0.4, -0.2) is 16.1 Å². The van der Waals surface area contributed by atoms with E-state index in [9.17, 15) is 4.79 Å². The van der Waals surface area contributed by atoms with Crippen molar-refractivity contribution < 1.29 is 9.90 Å². The molecule has 5 heteroatoms. The van der Waals surface area contributed by atoms with Crippen LogP contribution in [0.5, 0.6) is 0 Å². The molecule has 0 aliphatic rings. The predicted molar refractivity (Wildman–Crippen MR) is 76.1 cm³/mol. The van der Waals surface area contributed by atoms with Crippen LogP contribution in [0.2, 0.25) is 0 Å². The van der Waals surface area contributed by atoms with Crippen molar-refractivity contribution in [1.82, 2.24) is 4.98 Å². The number of benzene rings is 1. The van der Waals surface area contributed by atoms with E-state index in [1.54, 1.807) is 0 Å². The Kier molecular flexibility index (Phi) is 3.82. The van der Waals surface area contributed by atoms with Gasteiger partial charge in [-0.3, -0.25) is 4.79 Å². The van der Waals surface area contributed by atoms with Crippen molar-refractivity contribution in [3.8, 4) is 10.6 Å². The highest BCUT2D eigenvalue weighted by Crippen LogP contribution is 2.33. The molecule has 0 unspecified atom stereocenters. The highest BCUT2D eigenvalue weighted by atomic mass is 79.9. The molecule has 0 saturated heterocycles. The monoisotopic (exact) mass is 325 g/mol. The van der Waals surface area contributed by atoms with Crippen LogP contribution < -0.4 is 0 Å². The number of thiazole rings is 1. The van der Waals surface area contributed by atoms with Crippen LogP contribution in [-0.2, 0) is 11.2 Å². The smallest absolute Gasteiger partial charge is 0.308 e. The molecule has 1 aromatic heterocycles. The molecule has 0 aliphatic carbocycles. The Morgan fingerprint density at radius 2 is 2.17 bits per heavy atom. The average molecular weight is 326 g/mol. The summed E-state index contributed by atoms with van der Waals surface area (Å²) in [6.45, 7) is 4.08. The van der Waals surface area contributed by atoms with Crippen LogP contribution >= 0.6 is 27.3 Å². The number of carboxylic acid groups (broad SMARTS) is 1. The van der Waals surface area contributed by atoms with E-state index in [4.69, 9.17) is 5.11 Å². The molecule has 2 rings (SSSR count). The first kappa shape index (κ1) is 13.2. The molecule has 1 aromatic carbocycles. The topological polar surface area (TPSA) is 50.2 Å². The predicted octanol–water partition coefficient (Wildman–Crippen LogP) is 3.82.